The van der Waals surface area contributed by atoms with Crippen LogP contribution in [0.1, 0.15) is 0 Å². The summed E-state index contributed by atoms with van der Waals surface area (Å²) in [5, 5.41) is 37.9. The molecule has 8 heteroatoms. The number of hydrogen-bond acceptors (Lipinski definition) is 4. The van der Waals surface area contributed by atoms with Gasteiger partial charge >= 0.3 is 23.9 Å². The summed E-state index contributed by atoms with van der Waals surface area (Å²) in [6.45, 7) is 0. The molecule has 0 heterocycles. The van der Waals surface area contributed by atoms with Crippen molar-refractivity contribution >= 4 is 23.9 Å². The Morgan fingerprint density at radius 3 is 1.12 bits per heavy atom. The van der Waals surface area contributed by atoms with E-state index in [1.807, 2.05) is 0 Å². The Balaban J connectivity index is 2.94. The zero-order valence-corrected chi connectivity index (χ0v) is 12.0. The van der Waals surface area contributed by atoms with E-state index >= 15 is 0 Å². The van der Waals surface area contributed by atoms with Gasteiger partial charge in [-0.15, -0.1) is 0 Å². The van der Waals surface area contributed by atoms with Crippen molar-refractivity contribution in [1.29, 1.82) is 0 Å². The molecule has 0 amide bonds. The summed E-state index contributed by atoms with van der Waals surface area (Å²) in [4.78, 5) is 46.7. The molecular weight excluding hydrogens is 320 g/mol. The second-order valence-corrected chi connectivity index (χ2v) is 5.10. The number of carboxylic acids is 4. The topological polar surface area (TPSA) is 149 Å². The van der Waals surface area contributed by atoms with E-state index in [4.69, 9.17) is 0 Å². The lowest BCUT2D eigenvalue weighted by Gasteiger charge is -2.32. The molecule has 0 aromatic heterocycles. The number of rotatable bonds is 4. The number of hydrogen-bond donors (Lipinski definition) is 4. The molecule has 0 aromatic carbocycles. The van der Waals surface area contributed by atoms with Gasteiger partial charge in [0.1, 0.15) is 0 Å². The van der Waals surface area contributed by atoms with Crippen LogP contribution in [0.25, 0.3) is 0 Å². The standard InChI is InChI=1S/C16H12O8/c17-11(18)15(12(19)20)7-3-1-5-9(15)10-6-2-4-8-16(10,13(21)22)14(23)24/h1-8H,(H,17,18)(H,19,20)(H,21,22)(H,23,24). The molecule has 0 aliphatic heterocycles. The van der Waals surface area contributed by atoms with Crippen LogP contribution in [0.4, 0.5) is 0 Å². The van der Waals surface area contributed by atoms with Crippen molar-refractivity contribution in [1.82, 2.24) is 0 Å². The lowest BCUT2D eigenvalue weighted by molar-refractivity contribution is -0.161. The number of carbonyl (C=O) groups is 4. The molecule has 0 atom stereocenters. The summed E-state index contributed by atoms with van der Waals surface area (Å²) in [5.74, 6) is -7.03. The Morgan fingerprint density at radius 1 is 0.583 bits per heavy atom. The smallest absolute Gasteiger partial charge is 0.329 e. The zero-order valence-electron chi connectivity index (χ0n) is 12.0. The minimum Gasteiger partial charge on any atom is -0.480 e. The van der Waals surface area contributed by atoms with Gasteiger partial charge in [-0.25, -0.2) is 0 Å². The largest absolute Gasteiger partial charge is 0.480 e. The Labute approximate surface area is 135 Å². The maximum atomic E-state index is 11.7. The molecule has 0 spiro atoms. The molecular formula is C16H12O8. The molecule has 2 rings (SSSR count). The van der Waals surface area contributed by atoms with E-state index in [2.05, 4.69) is 0 Å². The van der Waals surface area contributed by atoms with Gasteiger partial charge in [-0.1, -0.05) is 48.6 Å². The third-order valence-corrected chi connectivity index (χ3v) is 3.93. The normalized spacial score (nSPS) is 23.0. The molecule has 2 aliphatic carbocycles. The first kappa shape index (κ1) is 16.9. The SMILES string of the molecule is O=C(O)C1(C(=O)O)C=CC=CC1=C1C=CC=CC1(C(=O)O)C(=O)O. The summed E-state index contributed by atoms with van der Waals surface area (Å²) in [7, 11) is 0. The van der Waals surface area contributed by atoms with Gasteiger partial charge in [0.25, 0.3) is 0 Å². The number of allylic oxidation sites excluding steroid dienone is 6. The zero-order chi connectivity index (χ0) is 18.1. The fourth-order valence-corrected chi connectivity index (χ4v) is 2.68. The highest BCUT2D eigenvalue weighted by Gasteiger charge is 2.55. The highest BCUT2D eigenvalue weighted by Crippen LogP contribution is 2.44. The number of carboxylic acid groups (broad SMARTS) is 4. The van der Waals surface area contributed by atoms with Gasteiger partial charge in [-0.05, 0) is 11.1 Å². The molecule has 0 radical (unpaired) electrons. The van der Waals surface area contributed by atoms with Gasteiger partial charge in [-0.2, -0.15) is 0 Å². The summed E-state index contributed by atoms with van der Waals surface area (Å²) in [6, 6.07) is 0. The molecule has 8 nitrogen and oxygen atoms in total. The molecule has 0 saturated heterocycles. The first-order valence-electron chi connectivity index (χ1n) is 6.62. The maximum Gasteiger partial charge on any atom is 0.329 e. The lowest BCUT2D eigenvalue weighted by Crippen LogP contribution is -2.45. The molecule has 124 valence electrons. The number of aliphatic carboxylic acids is 4. The summed E-state index contributed by atoms with van der Waals surface area (Å²) >= 11 is 0. The van der Waals surface area contributed by atoms with E-state index in [1.165, 1.54) is 24.3 Å². The second-order valence-electron chi connectivity index (χ2n) is 5.10. The first-order chi connectivity index (χ1) is 11.2. The van der Waals surface area contributed by atoms with Gasteiger partial charge in [0, 0.05) is 0 Å². The average molecular weight is 332 g/mol. The van der Waals surface area contributed by atoms with Crippen LogP contribution in [0.15, 0.2) is 59.8 Å². The van der Waals surface area contributed by atoms with Crippen molar-refractivity contribution in [3.63, 3.8) is 0 Å². The van der Waals surface area contributed by atoms with Crippen molar-refractivity contribution in [2.45, 2.75) is 0 Å². The van der Waals surface area contributed by atoms with E-state index in [1.54, 1.807) is 0 Å². The second kappa shape index (κ2) is 5.65. The quantitative estimate of drug-likeness (QED) is 0.553. The van der Waals surface area contributed by atoms with Crippen LogP contribution in [0.2, 0.25) is 0 Å². The van der Waals surface area contributed by atoms with Crippen LogP contribution in [0.3, 0.4) is 0 Å². The minimum atomic E-state index is -2.59. The monoisotopic (exact) mass is 332 g/mol. The highest BCUT2D eigenvalue weighted by molar-refractivity contribution is 6.09. The molecule has 24 heavy (non-hydrogen) atoms. The molecule has 0 fully saturated rings. The van der Waals surface area contributed by atoms with E-state index in [-0.39, 0.29) is 0 Å². The van der Waals surface area contributed by atoms with Crippen molar-refractivity contribution in [3.8, 4) is 0 Å². The van der Waals surface area contributed by atoms with Crippen molar-refractivity contribution in [2.75, 3.05) is 0 Å². The van der Waals surface area contributed by atoms with E-state index < -0.39 is 45.9 Å². The summed E-state index contributed by atoms with van der Waals surface area (Å²) < 4.78 is 0. The molecule has 0 saturated carbocycles. The molecule has 0 bridgehead atoms. The molecule has 0 unspecified atom stereocenters. The Hall–Kier alpha value is -3.42. The predicted octanol–water partition coefficient (Wildman–Crippen LogP) is 0.846. The van der Waals surface area contributed by atoms with Crippen LogP contribution in [0, 0.1) is 10.8 Å². The van der Waals surface area contributed by atoms with Crippen LogP contribution in [-0.2, 0) is 19.2 Å². The molecule has 0 aromatic rings. The van der Waals surface area contributed by atoms with Crippen molar-refractivity contribution in [3.05, 3.63) is 59.8 Å². The summed E-state index contributed by atoms with van der Waals surface area (Å²) in [6.07, 6.45) is 8.96. The first-order valence-corrected chi connectivity index (χ1v) is 6.62. The minimum absolute atomic E-state index is 0.435. The van der Waals surface area contributed by atoms with Crippen molar-refractivity contribution < 1.29 is 39.6 Å². The third-order valence-electron chi connectivity index (χ3n) is 3.93. The maximum absolute atomic E-state index is 11.7. The van der Waals surface area contributed by atoms with E-state index in [9.17, 15) is 39.6 Å². The third kappa shape index (κ3) is 2.08. The Kier molecular flexibility index (Phi) is 3.99. The highest BCUT2D eigenvalue weighted by atomic mass is 16.4. The average Bonchev–Trinajstić information content (AvgIpc) is 2.53. The molecule has 4 N–H and O–H groups in total. The van der Waals surface area contributed by atoms with Gasteiger partial charge in [0.05, 0.1) is 0 Å². The lowest BCUT2D eigenvalue weighted by atomic mass is 9.67. The van der Waals surface area contributed by atoms with Crippen LogP contribution in [0.5, 0.6) is 0 Å². The summed E-state index contributed by atoms with van der Waals surface area (Å²) in [5.41, 5.74) is -6.04. The van der Waals surface area contributed by atoms with Gasteiger partial charge in [0.2, 0.25) is 10.8 Å². The molecule has 2 aliphatic rings. The van der Waals surface area contributed by atoms with Crippen LogP contribution < -0.4 is 0 Å². The van der Waals surface area contributed by atoms with E-state index in [0.29, 0.717) is 0 Å². The Morgan fingerprint density at radius 2 is 0.875 bits per heavy atom. The van der Waals surface area contributed by atoms with Gasteiger partial charge in [-0.3, -0.25) is 19.2 Å². The fraction of sp³-hybridized carbons (Fsp3) is 0.125. The van der Waals surface area contributed by atoms with Gasteiger partial charge in [0.15, 0.2) is 0 Å². The fourth-order valence-electron chi connectivity index (χ4n) is 2.68. The van der Waals surface area contributed by atoms with E-state index in [0.717, 1.165) is 24.3 Å². The Bertz CT molecular complexity index is 697. The van der Waals surface area contributed by atoms with Crippen LogP contribution >= 0.6 is 0 Å². The van der Waals surface area contributed by atoms with Crippen LogP contribution in [-0.4, -0.2) is 44.3 Å². The van der Waals surface area contributed by atoms with Crippen molar-refractivity contribution in [2.24, 2.45) is 10.8 Å². The van der Waals surface area contributed by atoms with Gasteiger partial charge < -0.3 is 20.4 Å². The predicted molar refractivity (Wildman–Crippen MR) is 79.0 cm³/mol.